The number of hydrogen-bond acceptors (Lipinski definition) is 4. The first-order valence-corrected chi connectivity index (χ1v) is 4.33. The molecule has 0 spiro atoms. The smallest absolute Gasteiger partial charge is 0.337 e. The molecule has 3 N–H and O–H groups in total. The second-order valence-corrected chi connectivity index (χ2v) is 3.17. The Kier molecular flexibility index (Phi) is 3.39. The number of aliphatic hydroxyl groups is 1. The quantitative estimate of drug-likeness (QED) is 0.728. The van der Waals surface area contributed by atoms with Crippen molar-refractivity contribution < 1.29 is 24.9 Å². The topological polar surface area (TPSA) is 87.0 Å². The molecular weight excluding hydrogens is 224 g/mol. The van der Waals surface area contributed by atoms with Crippen LogP contribution in [0.1, 0.15) is 11.7 Å². The highest BCUT2D eigenvalue weighted by Crippen LogP contribution is 2.39. The van der Waals surface area contributed by atoms with Crippen molar-refractivity contribution in [1.29, 1.82) is 0 Å². The number of aliphatic carboxylic acids is 1. The third-order valence-corrected chi connectivity index (χ3v) is 2.14. The molecule has 82 valence electrons. The Morgan fingerprint density at radius 3 is 2.60 bits per heavy atom. The Bertz CT molecular complexity index is 390. The molecule has 0 radical (unpaired) electrons. The van der Waals surface area contributed by atoms with E-state index in [4.69, 9.17) is 21.4 Å². The molecule has 0 fully saturated rings. The van der Waals surface area contributed by atoms with Crippen LogP contribution in [0.4, 0.5) is 0 Å². The van der Waals surface area contributed by atoms with E-state index in [9.17, 15) is 15.0 Å². The van der Waals surface area contributed by atoms with Crippen molar-refractivity contribution in [3.63, 3.8) is 0 Å². The fraction of sp³-hybridized carbons (Fsp3) is 0.222. The highest BCUT2D eigenvalue weighted by molar-refractivity contribution is 6.32. The Balaban J connectivity index is 3.27. The predicted octanol–water partition coefficient (Wildman–Crippen LogP) is 1.17. The maximum Gasteiger partial charge on any atom is 0.337 e. The zero-order valence-corrected chi connectivity index (χ0v) is 8.52. The molecule has 1 aromatic carbocycles. The average molecular weight is 233 g/mol. The first-order chi connectivity index (χ1) is 6.99. The number of hydrogen-bond donors (Lipinski definition) is 3. The molecule has 0 heterocycles. The Hall–Kier alpha value is -1.46. The summed E-state index contributed by atoms with van der Waals surface area (Å²) in [6, 6.07) is 2.56. The summed E-state index contributed by atoms with van der Waals surface area (Å²) in [4.78, 5) is 10.5. The van der Waals surface area contributed by atoms with E-state index in [1.54, 1.807) is 0 Å². The van der Waals surface area contributed by atoms with Gasteiger partial charge < -0.3 is 20.1 Å². The normalized spacial score (nSPS) is 12.2. The van der Waals surface area contributed by atoms with Gasteiger partial charge in [-0.2, -0.15) is 0 Å². The van der Waals surface area contributed by atoms with Gasteiger partial charge in [-0.3, -0.25) is 0 Å². The lowest BCUT2D eigenvalue weighted by Crippen LogP contribution is -2.10. The van der Waals surface area contributed by atoms with E-state index in [-0.39, 0.29) is 16.3 Å². The van der Waals surface area contributed by atoms with Gasteiger partial charge in [-0.15, -0.1) is 0 Å². The van der Waals surface area contributed by atoms with Crippen molar-refractivity contribution in [3.05, 3.63) is 22.7 Å². The Morgan fingerprint density at radius 1 is 1.53 bits per heavy atom. The van der Waals surface area contributed by atoms with Gasteiger partial charge >= 0.3 is 5.97 Å². The number of ether oxygens (including phenoxy) is 1. The van der Waals surface area contributed by atoms with Crippen LogP contribution in [0, 0.1) is 0 Å². The van der Waals surface area contributed by atoms with Gasteiger partial charge in [0.25, 0.3) is 0 Å². The standard InChI is InChI=1S/C9H9ClO5/c1-15-8-5(10)3-2-4(6(8)11)7(12)9(13)14/h2-3,7,11-12H,1H3,(H,13,14). The van der Waals surface area contributed by atoms with Crippen molar-refractivity contribution in [2.45, 2.75) is 6.10 Å². The van der Waals surface area contributed by atoms with Crippen molar-refractivity contribution in [3.8, 4) is 11.5 Å². The van der Waals surface area contributed by atoms with Gasteiger partial charge in [-0.05, 0) is 6.07 Å². The number of benzene rings is 1. The van der Waals surface area contributed by atoms with Gasteiger partial charge in [0, 0.05) is 5.56 Å². The number of carbonyl (C=O) groups is 1. The number of methoxy groups -OCH3 is 1. The number of phenols is 1. The van der Waals surface area contributed by atoms with Crippen LogP contribution in [0.3, 0.4) is 0 Å². The minimum Gasteiger partial charge on any atom is -0.504 e. The van der Waals surface area contributed by atoms with Crippen LogP contribution in [0.5, 0.6) is 11.5 Å². The molecule has 0 saturated heterocycles. The first-order valence-electron chi connectivity index (χ1n) is 3.95. The summed E-state index contributed by atoms with van der Waals surface area (Å²) in [5.41, 5.74) is -0.163. The molecule has 0 bridgehead atoms. The minimum absolute atomic E-state index is 0.0607. The summed E-state index contributed by atoms with van der Waals surface area (Å²) in [6.45, 7) is 0. The van der Waals surface area contributed by atoms with E-state index in [0.717, 1.165) is 0 Å². The maximum atomic E-state index is 10.5. The fourth-order valence-electron chi connectivity index (χ4n) is 1.11. The van der Waals surface area contributed by atoms with Gasteiger partial charge in [0.15, 0.2) is 17.6 Å². The summed E-state index contributed by atoms with van der Waals surface area (Å²) in [7, 11) is 1.28. The Labute approximate surface area is 90.5 Å². The van der Waals surface area contributed by atoms with Crippen LogP contribution in [0.15, 0.2) is 12.1 Å². The van der Waals surface area contributed by atoms with Gasteiger partial charge in [0.05, 0.1) is 12.1 Å². The first kappa shape index (κ1) is 11.6. The molecule has 0 aromatic heterocycles. The third-order valence-electron chi connectivity index (χ3n) is 1.85. The summed E-state index contributed by atoms with van der Waals surface area (Å²) in [5, 5.41) is 27.5. The summed E-state index contributed by atoms with van der Waals surface area (Å²) < 4.78 is 4.76. The van der Waals surface area contributed by atoms with Crippen LogP contribution >= 0.6 is 11.6 Å². The van der Waals surface area contributed by atoms with Crippen molar-refractivity contribution in [1.82, 2.24) is 0 Å². The lowest BCUT2D eigenvalue weighted by Gasteiger charge is -2.12. The number of phenolic OH excluding ortho intramolecular Hbond substituents is 1. The number of carboxylic acids is 1. The monoisotopic (exact) mass is 232 g/mol. The number of aliphatic hydroxyl groups excluding tert-OH is 1. The summed E-state index contributed by atoms with van der Waals surface area (Å²) in [6.07, 6.45) is -1.81. The van der Waals surface area contributed by atoms with E-state index in [0.29, 0.717) is 0 Å². The number of halogens is 1. The SMILES string of the molecule is COc1c(Cl)ccc(C(O)C(=O)O)c1O. The zero-order valence-electron chi connectivity index (χ0n) is 7.77. The summed E-state index contributed by atoms with van der Waals surface area (Å²) >= 11 is 5.67. The van der Waals surface area contributed by atoms with Crippen LogP contribution in [-0.4, -0.2) is 28.4 Å². The predicted molar refractivity (Wildman–Crippen MR) is 52.3 cm³/mol. The van der Waals surface area contributed by atoms with Crippen molar-refractivity contribution >= 4 is 17.6 Å². The highest BCUT2D eigenvalue weighted by atomic mass is 35.5. The van der Waals surface area contributed by atoms with Gasteiger partial charge in [-0.1, -0.05) is 17.7 Å². The molecule has 1 rings (SSSR count). The molecule has 15 heavy (non-hydrogen) atoms. The fourth-order valence-corrected chi connectivity index (χ4v) is 1.34. The molecule has 0 saturated carbocycles. The lowest BCUT2D eigenvalue weighted by atomic mass is 10.1. The van der Waals surface area contributed by atoms with E-state index in [1.807, 2.05) is 0 Å². The zero-order chi connectivity index (χ0) is 11.6. The molecule has 0 amide bonds. The van der Waals surface area contributed by atoms with Gasteiger partial charge in [0.1, 0.15) is 0 Å². The number of carboxylic acid groups (broad SMARTS) is 1. The molecule has 6 heteroatoms. The van der Waals surface area contributed by atoms with Crippen LogP contribution < -0.4 is 4.74 Å². The molecule has 0 aliphatic carbocycles. The van der Waals surface area contributed by atoms with E-state index in [2.05, 4.69) is 0 Å². The maximum absolute atomic E-state index is 10.5. The second-order valence-electron chi connectivity index (χ2n) is 2.76. The summed E-state index contributed by atoms with van der Waals surface area (Å²) in [5.74, 6) is -2.00. The molecular formula is C9H9ClO5. The largest absolute Gasteiger partial charge is 0.504 e. The van der Waals surface area contributed by atoms with E-state index >= 15 is 0 Å². The molecule has 1 aromatic rings. The lowest BCUT2D eigenvalue weighted by molar-refractivity contribution is -0.147. The highest BCUT2D eigenvalue weighted by Gasteiger charge is 2.23. The van der Waals surface area contributed by atoms with Gasteiger partial charge in [0.2, 0.25) is 0 Å². The molecule has 0 aliphatic heterocycles. The molecule has 0 aliphatic rings. The average Bonchev–Trinajstić information content (AvgIpc) is 2.17. The van der Waals surface area contributed by atoms with Crippen molar-refractivity contribution in [2.75, 3.05) is 7.11 Å². The number of aromatic hydroxyl groups is 1. The Morgan fingerprint density at radius 2 is 2.13 bits per heavy atom. The van der Waals surface area contributed by atoms with Crippen LogP contribution in [0.2, 0.25) is 5.02 Å². The van der Waals surface area contributed by atoms with Gasteiger partial charge in [-0.25, -0.2) is 4.79 Å². The number of rotatable bonds is 3. The molecule has 1 atom stereocenters. The molecule has 1 unspecified atom stereocenters. The van der Waals surface area contributed by atoms with Crippen molar-refractivity contribution in [2.24, 2.45) is 0 Å². The van der Waals surface area contributed by atoms with E-state index in [1.165, 1.54) is 19.2 Å². The second kappa shape index (κ2) is 4.37. The van der Waals surface area contributed by atoms with Crippen LogP contribution in [0.25, 0.3) is 0 Å². The van der Waals surface area contributed by atoms with E-state index < -0.39 is 17.8 Å². The molecule has 5 nitrogen and oxygen atoms in total. The minimum atomic E-state index is -1.81. The van der Waals surface area contributed by atoms with Crippen LogP contribution in [-0.2, 0) is 4.79 Å². The third kappa shape index (κ3) is 2.14.